The number of benzene rings is 1. The van der Waals surface area contributed by atoms with Crippen molar-refractivity contribution < 1.29 is 14.3 Å². The number of pyridine rings is 1. The minimum Gasteiger partial charge on any atom is -0.449 e. The Hall–Kier alpha value is -2.11. The maximum absolute atomic E-state index is 12.1. The van der Waals surface area contributed by atoms with E-state index in [9.17, 15) is 9.59 Å². The maximum Gasteiger partial charge on any atom is 0.340 e. The fourth-order valence-corrected chi connectivity index (χ4v) is 2.38. The first kappa shape index (κ1) is 19.2. The van der Waals surface area contributed by atoms with Gasteiger partial charge in [0.25, 0.3) is 5.91 Å². The van der Waals surface area contributed by atoms with Gasteiger partial charge >= 0.3 is 5.97 Å². The number of rotatable bonds is 6. The molecule has 1 aromatic carbocycles. The Morgan fingerprint density at radius 2 is 1.88 bits per heavy atom. The molecular weight excluding hydrogens is 363 g/mol. The molecule has 1 aromatic heterocycles. The standard InChI is InChI=1S/C18H18Cl2N2O3/c1-11(13-6-4-3-5-7-13)9-22-17(23)12(2)25-18(24)14-8-15(19)16(20)21-10-14/h3-8,10-12H,9H2,1-2H3,(H,22,23)/t11-,12-/m0/s1. The number of nitrogens with one attached hydrogen (secondary N) is 1. The SMILES string of the molecule is C[C@H](OC(=O)c1cnc(Cl)c(Cl)c1)C(=O)NC[C@H](C)c1ccccc1. The molecule has 0 saturated heterocycles. The number of esters is 1. The van der Waals surface area contributed by atoms with Crippen molar-refractivity contribution in [1.82, 2.24) is 10.3 Å². The summed E-state index contributed by atoms with van der Waals surface area (Å²) in [5, 5.41) is 3.02. The average Bonchev–Trinajstić information content (AvgIpc) is 2.62. The molecule has 0 saturated carbocycles. The van der Waals surface area contributed by atoms with E-state index in [4.69, 9.17) is 27.9 Å². The summed E-state index contributed by atoms with van der Waals surface area (Å²) >= 11 is 11.5. The molecule has 0 spiro atoms. The van der Waals surface area contributed by atoms with Crippen LogP contribution >= 0.6 is 23.2 Å². The van der Waals surface area contributed by atoms with Gasteiger partial charge in [0.15, 0.2) is 6.10 Å². The van der Waals surface area contributed by atoms with Crippen molar-refractivity contribution in [2.75, 3.05) is 6.54 Å². The monoisotopic (exact) mass is 380 g/mol. The highest BCUT2D eigenvalue weighted by molar-refractivity contribution is 6.41. The zero-order valence-electron chi connectivity index (χ0n) is 13.8. The lowest BCUT2D eigenvalue weighted by atomic mass is 10.0. The van der Waals surface area contributed by atoms with Crippen LogP contribution in [0.25, 0.3) is 0 Å². The first-order valence-corrected chi connectivity index (χ1v) is 8.48. The Morgan fingerprint density at radius 1 is 1.20 bits per heavy atom. The summed E-state index contributed by atoms with van der Waals surface area (Å²) in [7, 11) is 0. The third-order valence-electron chi connectivity index (χ3n) is 3.64. The molecule has 1 amide bonds. The summed E-state index contributed by atoms with van der Waals surface area (Å²) in [4.78, 5) is 27.9. The van der Waals surface area contributed by atoms with Gasteiger partial charge in [-0.1, -0.05) is 60.5 Å². The number of aromatic nitrogens is 1. The second-order valence-electron chi connectivity index (χ2n) is 5.60. The van der Waals surface area contributed by atoms with Gasteiger partial charge in [-0.15, -0.1) is 0 Å². The molecule has 25 heavy (non-hydrogen) atoms. The molecule has 2 aromatic rings. The largest absolute Gasteiger partial charge is 0.449 e. The average molecular weight is 381 g/mol. The molecule has 2 atom stereocenters. The molecule has 0 radical (unpaired) electrons. The fraction of sp³-hybridized carbons (Fsp3) is 0.278. The number of hydrogen-bond acceptors (Lipinski definition) is 4. The first-order valence-electron chi connectivity index (χ1n) is 7.73. The van der Waals surface area contributed by atoms with Gasteiger partial charge in [-0.05, 0) is 24.5 Å². The van der Waals surface area contributed by atoms with Gasteiger partial charge in [-0.25, -0.2) is 9.78 Å². The first-order chi connectivity index (χ1) is 11.9. The number of nitrogens with zero attached hydrogens (tertiary/aromatic N) is 1. The molecule has 7 heteroatoms. The van der Waals surface area contributed by atoms with Crippen LogP contribution in [0.3, 0.4) is 0 Å². The van der Waals surface area contributed by atoms with E-state index in [0.717, 1.165) is 5.56 Å². The summed E-state index contributed by atoms with van der Waals surface area (Å²) in [6.07, 6.45) is 0.309. The molecule has 0 aliphatic rings. The lowest BCUT2D eigenvalue weighted by Gasteiger charge is -2.16. The van der Waals surface area contributed by atoms with Crippen LogP contribution in [-0.2, 0) is 9.53 Å². The van der Waals surface area contributed by atoms with Gasteiger partial charge in [0.05, 0.1) is 10.6 Å². The van der Waals surface area contributed by atoms with Crippen molar-refractivity contribution in [3.63, 3.8) is 0 Å². The third kappa shape index (κ3) is 5.44. The van der Waals surface area contributed by atoms with E-state index in [-0.39, 0.29) is 27.6 Å². The van der Waals surface area contributed by atoms with Crippen LogP contribution in [0.1, 0.15) is 35.7 Å². The highest BCUT2D eigenvalue weighted by Crippen LogP contribution is 2.20. The van der Waals surface area contributed by atoms with Gasteiger partial charge in [-0.2, -0.15) is 0 Å². The van der Waals surface area contributed by atoms with Gasteiger partial charge in [0, 0.05) is 12.7 Å². The smallest absolute Gasteiger partial charge is 0.340 e. The van der Waals surface area contributed by atoms with Crippen molar-refractivity contribution in [2.24, 2.45) is 0 Å². The van der Waals surface area contributed by atoms with Crippen LogP contribution in [0, 0.1) is 0 Å². The zero-order chi connectivity index (χ0) is 18.4. The molecule has 2 rings (SSSR count). The molecule has 1 N–H and O–H groups in total. The van der Waals surface area contributed by atoms with E-state index in [2.05, 4.69) is 10.3 Å². The van der Waals surface area contributed by atoms with Crippen LogP contribution in [-0.4, -0.2) is 29.5 Å². The van der Waals surface area contributed by atoms with Gasteiger partial charge in [-0.3, -0.25) is 4.79 Å². The quantitative estimate of drug-likeness (QED) is 0.610. The van der Waals surface area contributed by atoms with Crippen LogP contribution in [0.15, 0.2) is 42.6 Å². The summed E-state index contributed by atoms with van der Waals surface area (Å²) in [5.74, 6) is -0.915. The molecule has 0 unspecified atom stereocenters. The van der Waals surface area contributed by atoms with Crippen molar-refractivity contribution in [2.45, 2.75) is 25.9 Å². The number of amides is 1. The molecule has 1 heterocycles. The Bertz CT molecular complexity index is 753. The van der Waals surface area contributed by atoms with E-state index in [1.165, 1.54) is 19.2 Å². The van der Waals surface area contributed by atoms with Crippen molar-refractivity contribution in [1.29, 1.82) is 0 Å². The van der Waals surface area contributed by atoms with Crippen molar-refractivity contribution in [3.05, 3.63) is 63.9 Å². The Kier molecular flexibility index (Phi) is 6.79. The third-order valence-corrected chi connectivity index (χ3v) is 4.32. The van der Waals surface area contributed by atoms with Crippen molar-refractivity contribution >= 4 is 35.1 Å². The molecule has 0 fully saturated rings. The minimum absolute atomic E-state index is 0.0962. The second kappa shape index (κ2) is 8.83. The van der Waals surface area contributed by atoms with Gasteiger partial charge in [0.2, 0.25) is 0 Å². The molecule has 0 bridgehead atoms. The van der Waals surface area contributed by atoms with E-state index >= 15 is 0 Å². The molecule has 132 valence electrons. The molecule has 0 aliphatic carbocycles. The Balaban J connectivity index is 1.87. The Morgan fingerprint density at radius 3 is 2.52 bits per heavy atom. The van der Waals surface area contributed by atoms with Gasteiger partial charge in [0.1, 0.15) is 5.15 Å². The molecular formula is C18H18Cl2N2O3. The second-order valence-corrected chi connectivity index (χ2v) is 6.37. The Labute approximate surface area is 156 Å². The predicted molar refractivity (Wildman–Crippen MR) is 97.0 cm³/mol. The summed E-state index contributed by atoms with van der Waals surface area (Å²) in [6, 6.07) is 11.2. The van der Waals surface area contributed by atoms with Gasteiger partial charge < -0.3 is 10.1 Å². The lowest BCUT2D eigenvalue weighted by molar-refractivity contribution is -0.129. The number of ether oxygens (including phenoxy) is 1. The van der Waals surface area contributed by atoms with E-state index in [1.54, 1.807) is 0 Å². The van der Waals surface area contributed by atoms with Crippen LogP contribution < -0.4 is 5.32 Å². The number of halogens is 2. The highest BCUT2D eigenvalue weighted by Gasteiger charge is 2.20. The maximum atomic E-state index is 12.1. The van der Waals surface area contributed by atoms with E-state index in [0.29, 0.717) is 6.54 Å². The van der Waals surface area contributed by atoms with E-state index < -0.39 is 12.1 Å². The highest BCUT2D eigenvalue weighted by atomic mass is 35.5. The normalized spacial score (nSPS) is 13.0. The van der Waals surface area contributed by atoms with Crippen LogP contribution in [0.5, 0.6) is 0 Å². The molecule has 0 aliphatic heterocycles. The summed E-state index contributed by atoms with van der Waals surface area (Å²) in [6.45, 7) is 3.96. The minimum atomic E-state index is -0.940. The van der Waals surface area contributed by atoms with Crippen molar-refractivity contribution in [3.8, 4) is 0 Å². The summed E-state index contributed by atoms with van der Waals surface area (Å²) < 4.78 is 5.14. The van der Waals surface area contributed by atoms with Crippen LogP contribution in [0.4, 0.5) is 0 Å². The topological polar surface area (TPSA) is 68.3 Å². The molecule has 5 nitrogen and oxygen atoms in total. The predicted octanol–water partition coefficient (Wildman–Crippen LogP) is 3.85. The van der Waals surface area contributed by atoms with E-state index in [1.807, 2.05) is 37.3 Å². The zero-order valence-corrected chi connectivity index (χ0v) is 15.3. The lowest BCUT2D eigenvalue weighted by Crippen LogP contribution is -2.37. The number of carbonyl (C=O) groups excluding carboxylic acids is 2. The fourth-order valence-electron chi connectivity index (χ4n) is 2.11. The van der Waals surface area contributed by atoms with Crippen LogP contribution in [0.2, 0.25) is 10.2 Å². The number of carbonyl (C=O) groups is 2. The summed E-state index contributed by atoms with van der Waals surface area (Å²) in [5.41, 5.74) is 1.25. The number of hydrogen-bond donors (Lipinski definition) is 1.